The maximum Gasteiger partial charge on any atom is 0.0159 e. The van der Waals surface area contributed by atoms with Gasteiger partial charge in [0, 0.05) is 6.54 Å². The van der Waals surface area contributed by atoms with Gasteiger partial charge in [-0.15, -0.1) is 0 Å². The Hall–Kier alpha value is -0.300. The topological polar surface area (TPSA) is 12.0 Å². The molecule has 0 unspecified atom stereocenters. The molecule has 0 bridgehead atoms. The van der Waals surface area contributed by atoms with E-state index in [1.54, 1.807) is 0 Å². The number of hydrogen-bond donors (Lipinski definition) is 1. The molecule has 0 aromatic carbocycles. The Kier molecular flexibility index (Phi) is 4.37. The van der Waals surface area contributed by atoms with Gasteiger partial charge in [0.15, 0.2) is 0 Å². The molecule has 0 saturated heterocycles. The standard InChI is InChI=1S/C11H21N/c1-10(2)9-12-8-7-11-5-3-4-6-11/h11-12H,1,3-9H2,2H3. The van der Waals surface area contributed by atoms with Crippen LogP contribution in [0, 0.1) is 5.92 Å². The first kappa shape index (κ1) is 9.79. The first-order chi connectivity index (χ1) is 5.79. The summed E-state index contributed by atoms with van der Waals surface area (Å²) >= 11 is 0. The summed E-state index contributed by atoms with van der Waals surface area (Å²) < 4.78 is 0. The molecule has 70 valence electrons. The summed E-state index contributed by atoms with van der Waals surface area (Å²) in [5, 5.41) is 3.41. The highest BCUT2D eigenvalue weighted by Crippen LogP contribution is 2.26. The van der Waals surface area contributed by atoms with Gasteiger partial charge in [0.1, 0.15) is 0 Å². The second-order valence-corrected chi connectivity index (χ2v) is 4.07. The highest BCUT2D eigenvalue weighted by molar-refractivity contribution is 4.90. The van der Waals surface area contributed by atoms with Crippen LogP contribution in [0.5, 0.6) is 0 Å². The van der Waals surface area contributed by atoms with E-state index in [0.717, 1.165) is 12.5 Å². The fourth-order valence-corrected chi connectivity index (χ4v) is 1.91. The van der Waals surface area contributed by atoms with Crippen LogP contribution in [0.3, 0.4) is 0 Å². The van der Waals surface area contributed by atoms with Crippen LogP contribution in [0.15, 0.2) is 12.2 Å². The van der Waals surface area contributed by atoms with Crippen molar-refractivity contribution in [3.63, 3.8) is 0 Å². The zero-order chi connectivity index (χ0) is 8.81. The van der Waals surface area contributed by atoms with Gasteiger partial charge in [0.2, 0.25) is 0 Å². The molecule has 0 aromatic heterocycles. The zero-order valence-corrected chi connectivity index (χ0v) is 8.23. The Balaban J connectivity index is 1.91. The van der Waals surface area contributed by atoms with E-state index in [0.29, 0.717) is 0 Å². The zero-order valence-electron chi connectivity index (χ0n) is 8.23. The van der Waals surface area contributed by atoms with Gasteiger partial charge in [-0.3, -0.25) is 0 Å². The Labute approximate surface area is 76.2 Å². The van der Waals surface area contributed by atoms with Crippen LogP contribution in [0.1, 0.15) is 39.0 Å². The van der Waals surface area contributed by atoms with Gasteiger partial charge in [-0.05, 0) is 25.8 Å². The van der Waals surface area contributed by atoms with E-state index in [2.05, 4.69) is 18.8 Å². The Morgan fingerprint density at radius 2 is 2.08 bits per heavy atom. The molecule has 0 heterocycles. The van der Waals surface area contributed by atoms with Crippen LogP contribution in [-0.2, 0) is 0 Å². The van der Waals surface area contributed by atoms with Crippen LogP contribution >= 0.6 is 0 Å². The monoisotopic (exact) mass is 167 g/mol. The van der Waals surface area contributed by atoms with Gasteiger partial charge >= 0.3 is 0 Å². The predicted octanol–water partition coefficient (Wildman–Crippen LogP) is 2.73. The third kappa shape index (κ3) is 3.91. The summed E-state index contributed by atoms with van der Waals surface area (Å²) in [4.78, 5) is 0. The molecule has 1 nitrogen and oxygen atoms in total. The summed E-state index contributed by atoms with van der Waals surface area (Å²) in [6, 6.07) is 0. The molecule has 0 atom stereocenters. The fraction of sp³-hybridized carbons (Fsp3) is 0.818. The maximum atomic E-state index is 3.86. The van der Waals surface area contributed by atoms with Gasteiger partial charge in [-0.25, -0.2) is 0 Å². The number of rotatable bonds is 5. The average Bonchev–Trinajstić information content (AvgIpc) is 2.49. The molecular formula is C11H21N. The Morgan fingerprint density at radius 3 is 2.67 bits per heavy atom. The highest BCUT2D eigenvalue weighted by atomic mass is 14.8. The molecule has 0 aromatic rings. The van der Waals surface area contributed by atoms with Gasteiger partial charge in [-0.1, -0.05) is 37.8 Å². The number of hydrogen-bond acceptors (Lipinski definition) is 1. The van der Waals surface area contributed by atoms with Gasteiger partial charge < -0.3 is 5.32 Å². The van der Waals surface area contributed by atoms with E-state index in [1.165, 1.54) is 44.2 Å². The van der Waals surface area contributed by atoms with Gasteiger partial charge in [0.05, 0.1) is 0 Å². The fourth-order valence-electron chi connectivity index (χ4n) is 1.91. The lowest BCUT2D eigenvalue weighted by Crippen LogP contribution is -2.19. The van der Waals surface area contributed by atoms with Crippen LogP contribution in [0.25, 0.3) is 0 Å². The highest BCUT2D eigenvalue weighted by Gasteiger charge is 2.13. The largest absolute Gasteiger partial charge is 0.313 e. The van der Waals surface area contributed by atoms with E-state index >= 15 is 0 Å². The van der Waals surface area contributed by atoms with E-state index < -0.39 is 0 Å². The quantitative estimate of drug-likeness (QED) is 0.490. The van der Waals surface area contributed by atoms with Crippen LogP contribution in [0.2, 0.25) is 0 Å². The lowest BCUT2D eigenvalue weighted by molar-refractivity contribution is 0.484. The smallest absolute Gasteiger partial charge is 0.0159 e. The molecule has 0 spiro atoms. The average molecular weight is 167 g/mol. The molecule has 1 N–H and O–H groups in total. The van der Waals surface area contributed by atoms with Crippen molar-refractivity contribution < 1.29 is 0 Å². The second-order valence-electron chi connectivity index (χ2n) is 4.07. The molecule has 0 radical (unpaired) electrons. The minimum atomic E-state index is 0.993. The van der Waals surface area contributed by atoms with Crippen molar-refractivity contribution >= 4 is 0 Å². The van der Waals surface area contributed by atoms with E-state index in [9.17, 15) is 0 Å². The normalized spacial score (nSPS) is 18.4. The third-order valence-corrected chi connectivity index (χ3v) is 2.63. The SMILES string of the molecule is C=C(C)CNCCC1CCCC1. The summed E-state index contributed by atoms with van der Waals surface area (Å²) in [5.74, 6) is 1.02. The molecule has 0 amide bonds. The summed E-state index contributed by atoms with van der Waals surface area (Å²) in [5.41, 5.74) is 1.24. The molecule has 1 rings (SSSR count). The molecule has 1 fully saturated rings. The van der Waals surface area contributed by atoms with Crippen molar-refractivity contribution in [1.82, 2.24) is 5.32 Å². The predicted molar refractivity (Wildman–Crippen MR) is 54.3 cm³/mol. The van der Waals surface area contributed by atoms with Gasteiger partial charge in [0.25, 0.3) is 0 Å². The van der Waals surface area contributed by atoms with Crippen molar-refractivity contribution in [2.45, 2.75) is 39.0 Å². The summed E-state index contributed by atoms with van der Waals surface area (Å²) in [6.45, 7) is 8.10. The van der Waals surface area contributed by atoms with Crippen LogP contribution < -0.4 is 5.32 Å². The lowest BCUT2D eigenvalue weighted by Gasteiger charge is -2.09. The minimum absolute atomic E-state index is 0.993. The Bertz CT molecular complexity index is 134. The van der Waals surface area contributed by atoms with Crippen molar-refractivity contribution in [3.05, 3.63) is 12.2 Å². The molecule has 0 aliphatic heterocycles. The van der Waals surface area contributed by atoms with Crippen molar-refractivity contribution in [2.75, 3.05) is 13.1 Å². The second kappa shape index (κ2) is 5.36. The van der Waals surface area contributed by atoms with Gasteiger partial charge in [-0.2, -0.15) is 0 Å². The van der Waals surface area contributed by atoms with E-state index in [-0.39, 0.29) is 0 Å². The third-order valence-electron chi connectivity index (χ3n) is 2.63. The molecule has 1 aliphatic rings. The molecular weight excluding hydrogens is 146 g/mol. The molecule has 1 heteroatoms. The van der Waals surface area contributed by atoms with E-state index in [1.807, 2.05) is 0 Å². The summed E-state index contributed by atoms with van der Waals surface area (Å²) in [7, 11) is 0. The van der Waals surface area contributed by atoms with E-state index in [4.69, 9.17) is 0 Å². The molecule has 12 heavy (non-hydrogen) atoms. The van der Waals surface area contributed by atoms with Crippen molar-refractivity contribution in [1.29, 1.82) is 0 Å². The Morgan fingerprint density at radius 1 is 1.42 bits per heavy atom. The molecule has 1 aliphatic carbocycles. The first-order valence-corrected chi connectivity index (χ1v) is 5.14. The van der Waals surface area contributed by atoms with Crippen LogP contribution in [-0.4, -0.2) is 13.1 Å². The number of nitrogens with one attached hydrogen (secondary N) is 1. The molecule has 1 saturated carbocycles. The summed E-state index contributed by atoms with van der Waals surface area (Å²) in [6.07, 6.45) is 7.23. The van der Waals surface area contributed by atoms with Crippen LogP contribution in [0.4, 0.5) is 0 Å². The van der Waals surface area contributed by atoms with Crippen molar-refractivity contribution in [2.24, 2.45) is 5.92 Å². The lowest BCUT2D eigenvalue weighted by atomic mass is 10.0. The first-order valence-electron chi connectivity index (χ1n) is 5.14. The van der Waals surface area contributed by atoms with Crippen molar-refractivity contribution in [3.8, 4) is 0 Å². The maximum absolute atomic E-state index is 3.86. The minimum Gasteiger partial charge on any atom is -0.313 e.